The van der Waals surface area contributed by atoms with Crippen molar-refractivity contribution in [2.75, 3.05) is 0 Å². The van der Waals surface area contributed by atoms with Gasteiger partial charge in [0.25, 0.3) is 6.43 Å². The summed E-state index contributed by atoms with van der Waals surface area (Å²) in [7, 11) is 0. The van der Waals surface area contributed by atoms with Crippen molar-refractivity contribution in [3.05, 3.63) is 46.1 Å². The Bertz CT molecular complexity index is 590. The molecule has 1 aromatic heterocycles. The van der Waals surface area contributed by atoms with E-state index in [2.05, 4.69) is 9.97 Å². The number of benzene rings is 1. The van der Waals surface area contributed by atoms with E-state index in [4.69, 9.17) is 23.2 Å². The van der Waals surface area contributed by atoms with Crippen molar-refractivity contribution < 1.29 is 13.2 Å². The Hall–Kier alpha value is -1.33. The maximum absolute atomic E-state index is 13.0. The van der Waals surface area contributed by atoms with Gasteiger partial charge in [-0.1, -0.05) is 23.2 Å². The van der Waals surface area contributed by atoms with Gasteiger partial charge < -0.3 is 0 Å². The van der Waals surface area contributed by atoms with Crippen LogP contribution >= 0.6 is 23.2 Å². The first-order valence-electron chi connectivity index (χ1n) is 4.75. The first kappa shape index (κ1) is 13.1. The Morgan fingerprint density at radius 1 is 1.17 bits per heavy atom. The molecule has 2 nitrogen and oxygen atoms in total. The highest BCUT2D eigenvalue weighted by Gasteiger charge is 2.16. The van der Waals surface area contributed by atoms with Crippen molar-refractivity contribution in [3.63, 3.8) is 0 Å². The summed E-state index contributed by atoms with van der Waals surface area (Å²) in [6.07, 6.45) is -1.66. The molecule has 0 aliphatic carbocycles. The molecule has 0 aliphatic heterocycles. The Morgan fingerprint density at radius 2 is 1.89 bits per heavy atom. The van der Waals surface area contributed by atoms with Crippen molar-refractivity contribution in [2.45, 2.75) is 6.43 Å². The monoisotopic (exact) mass is 292 g/mol. The van der Waals surface area contributed by atoms with Gasteiger partial charge in [0.15, 0.2) is 5.15 Å². The molecule has 0 bridgehead atoms. The number of hydrogen-bond donors (Lipinski definition) is 0. The summed E-state index contributed by atoms with van der Waals surface area (Å²) in [4.78, 5) is 7.30. The summed E-state index contributed by atoms with van der Waals surface area (Å²) in [6.45, 7) is 0. The lowest BCUT2D eigenvalue weighted by molar-refractivity contribution is 0.146. The van der Waals surface area contributed by atoms with E-state index in [1.54, 1.807) is 0 Å². The third kappa shape index (κ3) is 2.57. The van der Waals surface area contributed by atoms with Crippen LogP contribution < -0.4 is 0 Å². The van der Waals surface area contributed by atoms with E-state index < -0.39 is 17.9 Å². The molecular formula is C11H5Cl2F3N2. The van der Waals surface area contributed by atoms with E-state index >= 15 is 0 Å². The van der Waals surface area contributed by atoms with Gasteiger partial charge in [-0.25, -0.2) is 23.1 Å². The quantitative estimate of drug-likeness (QED) is 0.813. The lowest BCUT2D eigenvalue weighted by atomic mass is 10.1. The third-order valence-corrected chi connectivity index (χ3v) is 2.75. The van der Waals surface area contributed by atoms with Crippen LogP contribution in [-0.4, -0.2) is 9.97 Å². The van der Waals surface area contributed by atoms with Gasteiger partial charge in [-0.2, -0.15) is 0 Å². The minimum Gasteiger partial charge on any atom is -0.250 e. The number of nitrogens with zero attached hydrogens (tertiary/aromatic N) is 2. The molecule has 7 heteroatoms. The smallest absolute Gasteiger partial charge is 0.250 e. The molecule has 0 radical (unpaired) electrons. The van der Waals surface area contributed by atoms with Gasteiger partial charge in [0.05, 0.1) is 16.9 Å². The average molecular weight is 293 g/mol. The second kappa shape index (κ2) is 5.12. The summed E-state index contributed by atoms with van der Waals surface area (Å²) >= 11 is 11.2. The fourth-order valence-electron chi connectivity index (χ4n) is 1.32. The second-order valence-corrected chi connectivity index (χ2v) is 4.13. The maximum atomic E-state index is 13.0. The number of aromatic nitrogens is 2. The normalized spacial score (nSPS) is 11.0. The van der Waals surface area contributed by atoms with Crippen molar-refractivity contribution in [1.29, 1.82) is 0 Å². The zero-order valence-electron chi connectivity index (χ0n) is 8.67. The van der Waals surface area contributed by atoms with E-state index in [0.29, 0.717) is 5.56 Å². The summed E-state index contributed by atoms with van der Waals surface area (Å²) in [5.41, 5.74) is 0.0940. The SMILES string of the molecule is Fc1ccc(-c2cnc(C(F)F)c(Cl)n2)cc1Cl. The van der Waals surface area contributed by atoms with Gasteiger partial charge in [0.2, 0.25) is 0 Å². The molecule has 0 saturated heterocycles. The zero-order chi connectivity index (χ0) is 13.3. The van der Waals surface area contributed by atoms with E-state index in [1.807, 2.05) is 0 Å². The van der Waals surface area contributed by atoms with Crippen molar-refractivity contribution in [1.82, 2.24) is 9.97 Å². The molecule has 2 rings (SSSR count). The van der Waals surface area contributed by atoms with Crippen molar-refractivity contribution in [2.24, 2.45) is 0 Å². The first-order valence-corrected chi connectivity index (χ1v) is 5.50. The standard InChI is InChI=1S/C11H5Cl2F3N2/c12-6-3-5(1-2-7(6)14)8-4-17-9(11(15)16)10(13)18-8/h1-4,11H. The summed E-state index contributed by atoms with van der Waals surface area (Å²) in [5.74, 6) is -0.580. The largest absolute Gasteiger partial charge is 0.283 e. The van der Waals surface area contributed by atoms with E-state index in [9.17, 15) is 13.2 Å². The minimum atomic E-state index is -2.80. The van der Waals surface area contributed by atoms with Gasteiger partial charge in [0, 0.05) is 5.56 Å². The zero-order valence-corrected chi connectivity index (χ0v) is 10.2. The Morgan fingerprint density at radius 3 is 2.44 bits per heavy atom. The predicted octanol–water partition coefficient (Wildman–Crippen LogP) is 4.53. The van der Waals surface area contributed by atoms with Crippen LogP contribution in [-0.2, 0) is 0 Å². The lowest BCUT2D eigenvalue weighted by Gasteiger charge is -2.05. The molecular weight excluding hydrogens is 288 g/mol. The van der Waals surface area contributed by atoms with E-state index in [0.717, 1.165) is 12.3 Å². The minimum absolute atomic E-state index is 0.0941. The number of rotatable bonds is 2. The van der Waals surface area contributed by atoms with Crippen LogP contribution in [0.1, 0.15) is 12.1 Å². The Balaban J connectivity index is 2.45. The Kier molecular flexibility index (Phi) is 3.73. The highest BCUT2D eigenvalue weighted by atomic mass is 35.5. The number of alkyl halides is 2. The highest BCUT2D eigenvalue weighted by molar-refractivity contribution is 6.31. The van der Waals surface area contributed by atoms with Gasteiger partial charge >= 0.3 is 0 Å². The van der Waals surface area contributed by atoms with Crippen LogP contribution in [0, 0.1) is 5.82 Å². The summed E-state index contributed by atoms with van der Waals surface area (Å²) in [6, 6.07) is 3.87. The van der Waals surface area contributed by atoms with Gasteiger partial charge in [-0.15, -0.1) is 0 Å². The van der Waals surface area contributed by atoms with Crippen LogP contribution in [0.2, 0.25) is 10.2 Å². The highest BCUT2D eigenvalue weighted by Crippen LogP contribution is 2.28. The van der Waals surface area contributed by atoms with Crippen molar-refractivity contribution >= 4 is 23.2 Å². The molecule has 0 amide bonds. The van der Waals surface area contributed by atoms with E-state index in [-0.39, 0.29) is 15.9 Å². The molecule has 2 aromatic rings. The molecule has 0 spiro atoms. The predicted molar refractivity (Wildman–Crippen MR) is 62.4 cm³/mol. The van der Waals surface area contributed by atoms with Crippen molar-refractivity contribution in [3.8, 4) is 11.3 Å². The van der Waals surface area contributed by atoms with Gasteiger partial charge in [-0.3, -0.25) is 0 Å². The first-order chi connectivity index (χ1) is 8.49. The van der Waals surface area contributed by atoms with E-state index in [1.165, 1.54) is 12.1 Å². The molecule has 0 atom stereocenters. The van der Waals surface area contributed by atoms with Crippen LogP contribution in [0.25, 0.3) is 11.3 Å². The molecule has 0 saturated carbocycles. The van der Waals surface area contributed by atoms with Crippen LogP contribution in [0.3, 0.4) is 0 Å². The second-order valence-electron chi connectivity index (χ2n) is 3.36. The van der Waals surface area contributed by atoms with Crippen LogP contribution in [0.15, 0.2) is 24.4 Å². The summed E-state index contributed by atoms with van der Waals surface area (Å²) < 4.78 is 37.8. The lowest BCUT2D eigenvalue weighted by Crippen LogP contribution is -1.96. The molecule has 0 fully saturated rings. The Labute approximate surface area is 110 Å². The van der Waals surface area contributed by atoms with Crippen LogP contribution in [0.4, 0.5) is 13.2 Å². The van der Waals surface area contributed by atoms with Crippen LogP contribution in [0.5, 0.6) is 0 Å². The molecule has 1 heterocycles. The molecule has 0 aliphatic rings. The average Bonchev–Trinajstić information content (AvgIpc) is 2.32. The topological polar surface area (TPSA) is 25.8 Å². The fourth-order valence-corrected chi connectivity index (χ4v) is 1.72. The third-order valence-electron chi connectivity index (χ3n) is 2.18. The molecule has 94 valence electrons. The molecule has 18 heavy (non-hydrogen) atoms. The van der Waals surface area contributed by atoms with Gasteiger partial charge in [0.1, 0.15) is 11.5 Å². The molecule has 0 N–H and O–H groups in total. The summed E-state index contributed by atoms with van der Waals surface area (Å²) in [5, 5.41) is -0.480. The number of halogens is 5. The number of hydrogen-bond acceptors (Lipinski definition) is 2. The molecule has 1 aromatic carbocycles. The fraction of sp³-hybridized carbons (Fsp3) is 0.0909. The van der Waals surface area contributed by atoms with Gasteiger partial charge in [-0.05, 0) is 18.2 Å². The molecule has 0 unspecified atom stereocenters. The maximum Gasteiger partial charge on any atom is 0.283 e.